The quantitative estimate of drug-likeness (QED) is 0.132. The maximum atomic E-state index is 13.3. The first-order valence-corrected chi connectivity index (χ1v) is 14.9. The molecular formula is C34H31F4N7O4. The van der Waals surface area contributed by atoms with Crippen LogP contribution in [-0.4, -0.2) is 78.2 Å². The summed E-state index contributed by atoms with van der Waals surface area (Å²) in [7, 11) is 3.03. The van der Waals surface area contributed by atoms with E-state index < -0.39 is 30.4 Å². The zero-order valence-corrected chi connectivity index (χ0v) is 26.4. The monoisotopic (exact) mass is 677 g/mol. The van der Waals surface area contributed by atoms with Gasteiger partial charge in [0.2, 0.25) is 0 Å². The first-order chi connectivity index (χ1) is 23.3. The smallest absolute Gasteiger partial charge is 0.405 e. The van der Waals surface area contributed by atoms with Gasteiger partial charge in [0.1, 0.15) is 18.1 Å². The molecule has 1 saturated heterocycles. The number of aryl methyl sites for hydroxylation is 1. The van der Waals surface area contributed by atoms with Crippen LogP contribution in [0.3, 0.4) is 0 Å². The fourth-order valence-corrected chi connectivity index (χ4v) is 5.51. The maximum absolute atomic E-state index is 13.3. The third kappa shape index (κ3) is 7.49. The van der Waals surface area contributed by atoms with Gasteiger partial charge in [-0.2, -0.15) is 13.2 Å². The number of methoxy groups -OCH3 is 1. The van der Waals surface area contributed by atoms with Crippen LogP contribution in [0, 0.1) is 11.8 Å². The molecule has 1 fully saturated rings. The Hall–Kier alpha value is -5.88. The number of hydrogen-bond donors (Lipinski definition) is 4. The van der Waals surface area contributed by atoms with Crippen molar-refractivity contribution in [1.82, 2.24) is 25.1 Å². The van der Waals surface area contributed by atoms with E-state index in [-0.39, 0.29) is 23.0 Å². The minimum Gasteiger partial charge on any atom is -0.496 e. The van der Waals surface area contributed by atoms with Crippen molar-refractivity contribution in [2.75, 3.05) is 50.9 Å². The van der Waals surface area contributed by atoms with Crippen LogP contribution in [0.25, 0.3) is 33.3 Å². The highest BCUT2D eigenvalue weighted by atomic mass is 19.4. The van der Waals surface area contributed by atoms with Gasteiger partial charge in [-0.15, -0.1) is 0 Å². The van der Waals surface area contributed by atoms with Gasteiger partial charge in [-0.05, 0) is 35.4 Å². The van der Waals surface area contributed by atoms with E-state index in [0.717, 1.165) is 0 Å². The molecule has 1 aliphatic rings. The van der Waals surface area contributed by atoms with Crippen LogP contribution in [0.1, 0.15) is 15.9 Å². The summed E-state index contributed by atoms with van der Waals surface area (Å²) in [6.07, 6.45) is -3.15. The fraction of sp³-hybridized carbons (Fsp3) is 0.235. The normalized spacial score (nSPS) is 13.0. The molecule has 5 rings (SSSR count). The van der Waals surface area contributed by atoms with E-state index in [4.69, 9.17) is 10.5 Å². The number of nitrogens with two attached hydrogens (primary N) is 1. The molecule has 0 aliphatic carbocycles. The molecule has 4 aromatic rings. The second-order valence-corrected chi connectivity index (χ2v) is 11.0. The van der Waals surface area contributed by atoms with Crippen LogP contribution in [-0.2, 0) is 16.6 Å². The molecule has 49 heavy (non-hydrogen) atoms. The molecule has 0 radical (unpaired) electrons. The Labute approximate surface area is 278 Å². The summed E-state index contributed by atoms with van der Waals surface area (Å²) in [4.78, 5) is 43.4. The summed E-state index contributed by atoms with van der Waals surface area (Å²) in [5.41, 5.74) is 9.71. The van der Waals surface area contributed by atoms with Crippen LogP contribution in [0.5, 0.6) is 5.75 Å². The number of ether oxygens (including phenoxy) is 1. The third-order valence-corrected chi connectivity index (χ3v) is 7.79. The van der Waals surface area contributed by atoms with E-state index in [1.165, 1.54) is 31.5 Å². The van der Waals surface area contributed by atoms with Gasteiger partial charge >= 0.3 is 6.18 Å². The number of benzene rings is 2. The number of carbonyl (C=O) groups excluding carboxylic acids is 3. The van der Waals surface area contributed by atoms with Crippen LogP contribution >= 0.6 is 0 Å². The molecule has 254 valence electrons. The number of aromatic nitrogens is 2. The zero-order chi connectivity index (χ0) is 35.5. The molecule has 2 aromatic carbocycles. The number of piperazine rings is 1. The van der Waals surface area contributed by atoms with Gasteiger partial charge in [-0.1, -0.05) is 30.7 Å². The standard InChI is InChI=1S/C34H31F4N7O4/c1-19(35)32(47)43-23-8-4-20(5-9-23)29-27(21-6-10-24(25(16-21)49-3)33(48)42-18-34(36,37)38)28-30(44(29)2)22(17-41-31(28)39)7-11-26(46)45-14-12-40-13-15-45/h4-6,8-10,16-17,40H,1,12-15,18H2,2-3H3,(H2,39,41)(H,42,48)(H,43,47). The molecule has 3 amide bonds. The minimum atomic E-state index is -4.61. The zero-order valence-electron chi connectivity index (χ0n) is 26.4. The molecule has 0 bridgehead atoms. The van der Waals surface area contributed by atoms with E-state index >= 15 is 0 Å². The predicted octanol–water partition coefficient (Wildman–Crippen LogP) is 4.00. The van der Waals surface area contributed by atoms with Gasteiger partial charge in [0, 0.05) is 56.6 Å². The van der Waals surface area contributed by atoms with Gasteiger partial charge in [-0.25, -0.2) is 9.37 Å². The molecule has 11 nitrogen and oxygen atoms in total. The number of fused-ring (bicyclic) bond motifs is 1. The van der Waals surface area contributed by atoms with Crippen molar-refractivity contribution in [3.8, 4) is 40.0 Å². The van der Waals surface area contributed by atoms with Gasteiger partial charge in [0.25, 0.3) is 17.7 Å². The van der Waals surface area contributed by atoms with E-state index in [1.54, 1.807) is 40.8 Å². The van der Waals surface area contributed by atoms with E-state index in [9.17, 15) is 31.9 Å². The molecule has 0 saturated carbocycles. The van der Waals surface area contributed by atoms with Crippen LogP contribution in [0.15, 0.2) is 61.1 Å². The SMILES string of the molecule is C=C(F)C(=O)Nc1ccc(-c2c(-c3ccc(C(=O)NCC(F)(F)F)c(OC)c3)c3c(N)ncc(C#CC(=O)N4CCNCC4)c3n2C)cc1. The van der Waals surface area contributed by atoms with Crippen molar-refractivity contribution >= 4 is 40.1 Å². The number of hydrogen-bond acceptors (Lipinski definition) is 7. The van der Waals surface area contributed by atoms with Crippen molar-refractivity contribution < 1.29 is 36.7 Å². The number of amides is 3. The minimum absolute atomic E-state index is 0.00580. The largest absolute Gasteiger partial charge is 0.496 e. The summed E-state index contributed by atoms with van der Waals surface area (Å²) < 4.78 is 59.0. The van der Waals surface area contributed by atoms with E-state index in [1.807, 2.05) is 5.32 Å². The highest BCUT2D eigenvalue weighted by molar-refractivity contribution is 6.12. The third-order valence-electron chi connectivity index (χ3n) is 7.79. The van der Waals surface area contributed by atoms with E-state index in [0.29, 0.717) is 70.7 Å². The number of alkyl halides is 3. The first kappa shape index (κ1) is 34.5. The molecule has 2 aromatic heterocycles. The fourth-order valence-electron chi connectivity index (χ4n) is 5.51. The van der Waals surface area contributed by atoms with Gasteiger partial charge in [-0.3, -0.25) is 14.4 Å². The summed E-state index contributed by atoms with van der Waals surface area (Å²) in [5, 5.41) is 7.87. The first-order valence-electron chi connectivity index (χ1n) is 14.9. The van der Waals surface area contributed by atoms with Gasteiger partial charge in [0.15, 0.2) is 5.83 Å². The molecule has 1 aliphatic heterocycles. The second kappa shape index (κ2) is 14.1. The lowest BCUT2D eigenvalue weighted by atomic mass is 9.96. The number of anilines is 2. The summed E-state index contributed by atoms with van der Waals surface area (Å²) in [5.74, 6) is 2.27. The number of rotatable bonds is 7. The lowest BCUT2D eigenvalue weighted by Crippen LogP contribution is -2.46. The molecule has 0 spiro atoms. The number of carbonyl (C=O) groups is 3. The molecule has 15 heteroatoms. The number of halogens is 4. The molecular weight excluding hydrogens is 646 g/mol. The number of nitrogen functional groups attached to an aromatic ring is 1. The van der Waals surface area contributed by atoms with Crippen molar-refractivity contribution in [2.24, 2.45) is 7.05 Å². The molecule has 5 N–H and O–H groups in total. The van der Waals surface area contributed by atoms with Crippen molar-refractivity contribution in [3.63, 3.8) is 0 Å². The van der Waals surface area contributed by atoms with Crippen LogP contribution in [0.2, 0.25) is 0 Å². The summed E-state index contributed by atoms with van der Waals surface area (Å²) in [6.45, 7) is 3.82. The lowest BCUT2D eigenvalue weighted by Gasteiger charge is -2.25. The molecule has 3 heterocycles. The van der Waals surface area contributed by atoms with Crippen LogP contribution < -0.4 is 26.4 Å². The second-order valence-electron chi connectivity index (χ2n) is 11.0. The Bertz CT molecular complexity index is 2020. The number of nitrogens with zero attached hydrogens (tertiary/aromatic N) is 3. The average molecular weight is 678 g/mol. The van der Waals surface area contributed by atoms with E-state index in [2.05, 4.69) is 34.0 Å². The molecule has 0 unspecified atom stereocenters. The summed E-state index contributed by atoms with van der Waals surface area (Å²) in [6, 6.07) is 10.8. The highest BCUT2D eigenvalue weighted by Crippen LogP contribution is 2.44. The Morgan fingerprint density at radius 3 is 2.41 bits per heavy atom. The number of nitrogens with one attached hydrogen (secondary N) is 3. The van der Waals surface area contributed by atoms with Crippen molar-refractivity contribution in [2.45, 2.75) is 6.18 Å². The van der Waals surface area contributed by atoms with Crippen molar-refractivity contribution in [1.29, 1.82) is 0 Å². The van der Waals surface area contributed by atoms with Crippen molar-refractivity contribution in [3.05, 3.63) is 72.2 Å². The Morgan fingerprint density at radius 2 is 1.78 bits per heavy atom. The Balaban J connectivity index is 1.69. The number of pyridine rings is 1. The van der Waals surface area contributed by atoms with Crippen LogP contribution in [0.4, 0.5) is 29.1 Å². The average Bonchev–Trinajstić information content (AvgIpc) is 3.40. The Morgan fingerprint density at radius 1 is 1.10 bits per heavy atom. The predicted molar refractivity (Wildman–Crippen MR) is 176 cm³/mol. The topological polar surface area (TPSA) is 144 Å². The Kier molecular flexibility index (Phi) is 9.90. The summed E-state index contributed by atoms with van der Waals surface area (Å²) >= 11 is 0. The maximum Gasteiger partial charge on any atom is 0.405 e. The molecule has 0 atom stereocenters. The van der Waals surface area contributed by atoms with Gasteiger partial charge < -0.3 is 35.9 Å². The van der Waals surface area contributed by atoms with Gasteiger partial charge in [0.05, 0.1) is 34.8 Å². The highest BCUT2D eigenvalue weighted by Gasteiger charge is 2.29. The lowest BCUT2D eigenvalue weighted by molar-refractivity contribution is -0.125.